The molecule has 0 aromatic heterocycles. The summed E-state index contributed by atoms with van der Waals surface area (Å²) in [4.78, 5) is 33.3. The molecule has 0 aliphatic rings. The van der Waals surface area contributed by atoms with E-state index in [1.165, 1.54) is 6.92 Å². The average Bonchev–Trinajstić information content (AvgIpc) is 2.29. The van der Waals surface area contributed by atoms with Gasteiger partial charge in [0.2, 0.25) is 5.91 Å². The van der Waals surface area contributed by atoms with Gasteiger partial charge in [-0.1, -0.05) is 30.3 Å². The average molecular weight is 249 g/mol. The second kappa shape index (κ2) is 6.54. The van der Waals surface area contributed by atoms with Gasteiger partial charge < -0.3 is 10.4 Å². The summed E-state index contributed by atoms with van der Waals surface area (Å²) in [6.07, 6.45) is 0.172. The summed E-state index contributed by atoms with van der Waals surface area (Å²) in [7, 11) is 0. The van der Waals surface area contributed by atoms with Crippen molar-refractivity contribution in [1.29, 1.82) is 0 Å². The third-order valence-electron chi connectivity index (χ3n) is 2.50. The molecule has 0 saturated heterocycles. The van der Waals surface area contributed by atoms with E-state index in [0.717, 1.165) is 5.56 Å². The highest BCUT2D eigenvalue weighted by Gasteiger charge is 2.22. The zero-order chi connectivity index (χ0) is 13.5. The number of Topliss-reactive ketones (excluding diaryl/α,β-unsaturated/α-hetero) is 1. The molecule has 0 spiro atoms. The highest BCUT2D eigenvalue weighted by Crippen LogP contribution is 2.00. The fourth-order valence-corrected chi connectivity index (χ4v) is 1.46. The van der Waals surface area contributed by atoms with Gasteiger partial charge in [0.05, 0.1) is 6.42 Å². The third-order valence-corrected chi connectivity index (χ3v) is 2.50. The smallest absolute Gasteiger partial charge is 0.315 e. The number of carboxylic acids is 1. The van der Waals surface area contributed by atoms with Gasteiger partial charge in [0, 0.05) is 6.54 Å². The summed E-state index contributed by atoms with van der Waals surface area (Å²) >= 11 is 0. The first-order valence-corrected chi connectivity index (χ1v) is 5.54. The van der Waals surface area contributed by atoms with Crippen molar-refractivity contribution in [2.24, 2.45) is 5.92 Å². The van der Waals surface area contributed by atoms with Crippen LogP contribution in [0.2, 0.25) is 0 Å². The van der Waals surface area contributed by atoms with E-state index in [-0.39, 0.29) is 18.9 Å². The summed E-state index contributed by atoms with van der Waals surface area (Å²) in [5.41, 5.74) is 0.838. The lowest BCUT2D eigenvalue weighted by Crippen LogP contribution is -2.37. The number of ketones is 1. The van der Waals surface area contributed by atoms with Crippen LogP contribution in [0.5, 0.6) is 0 Å². The summed E-state index contributed by atoms with van der Waals surface area (Å²) in [6, 6.07) is 9.09. The van der Waals surface area contributed by atoms with E-state index in [0.29, 0.717) is 0 Å². The largest absolute Gasteiger partial charge is 0.481 e. The minimum atomic E-state index is -1.22. The highest BCUT2D eigenvalue weighted by atomic mass is 16.4. The van der Waals surface area contributed by atoms with Gasteiger partial charge in [-0.2, -0.15) is 0 Å². The molecule has 0 fully saturated rings. The van der Waals surface area contributed by atoms with Crippen LogP contribution in [0, 0.1) is 5.92 Å². The molecule has 1 atom stereocenters. The van der Waals surface area contributed by atoms with E-state index in [2.05, 4.69) is 5.32 Å². The number of amides is 1. The first-order valence-electron chi connectivity index (χ1n) is 5.54. The monoisotopic (exact) mass is 249 g/mol. The second-order valence-corrected chi connectivity index (χ2v) is 3.97. The molecule has 1 rings (SSSR count). The van der Waals surface area contributed by atoms with E-state index in [1.807, 2.05) is 18.2 Å². The van der Waals surface area contributed by atoms with Gasteiger partial charge in [-0.3, -0.25) is 14.4 Å². The van der Waals surface area contributed by atoms with E-state index in [9.17, 15) is 14.4 Å². The number of hydrogen-bond acceptors (Lipinski definition) is 3. The number of carboxylic acid groups (broad SMARTS) is 1. The maximum atomic E-state index is 11.5. The lowest BCUT2D eigenvalue weighted by Gasteiger charge is -2.10. The molecule has 0 bridgehead atoms. The Labute approximate surface area is 105 Å². The number of hydrogen-bond donors (Lipinski definition) is 2. The van der Waals surface area contributed by atoms with Crippen LogP contribution < -0.4 is 5.32 Å². The Morgan fingerprint density at radius 1 is 1.22 bits per heavy atom. The van der Waals surface area contributed by atoms with Crippen molar-refractivity contribution in [2.45, 2.75) is 13.3 Å². The lowest BCUT2D eigenvalue weighted by atomic mass is 10.1. The van der Waals surface area contributed by atoms with Crippen molar-refractivity contribution >= 4 is 17.7 Å². The second-order valence-electron chi connectivity index (χ2n) is 3.97. The van der Waals surface area contributed by atoms with Crippen molar-refractivity contribution in [1.82, 2.24) is 5.32 Å². The summed E-state index contributed by atoms with van der Waals surface area (Å²) in [6.45, 7) is 1.03. The van der Waals surface area contributed by atoms with Gasteiger partial charge in [0.25, 0.3) is 0 Å². The van der Waals surface area contributed by atoms with Crippen LogP contribution in [0.15, 0.2) is 30.3 Å². The first kappa shape index (κ1) is 13.9. The quantitative estimate of drug-likeness (QED) is 0.724. The van der Waals surface area contributed by atoms with E-state index < -0.39 is 17.7 Å². The van der Waals surface area contributed by atoms with Crippen molar-refractivity contribution in [3.05, 3.63) is 35.9 Å². The Morgan fingerprint density at radius 2 is 1.83 bits per heavy atom. The SMILES string of the molecule is CC(=O)C(CNC(=O)Cc1ccccc1)C(=O)O. The molecule has 0 aliphatic carbocycles. The van der Waals surface area contributed by atoms with Gasteiger partial charge >= 0.3 is 5.97 Å². The number of carbonyl (C=O) groups excluding carboxylic acids is 2. The molecule has 1 amide bonds. The Kier molecular flexibility index (Phi) is 5.05. The van der Waals surface area contributed by atoms with Gasteiger partial charge in [0.15, 0.2) is 0 Å². The molecule has 1 unspecified atom stereocenters. The Balaban J connectivity index is 2.46. The molecule has 5 nitrogen and oxygen atoms in total. The van der Waals surface area contributed by atoms with Crippen LogP contribution in [0.25, 0.3) is 0 Å². The predicted octanol–water partition coefficient (Wildman–Crippen LogP) is 0.635. The fourth-order valence-electron chi connectivity index (χ4n) is 1.46. The van der Waals surface area contributed by atoms with Gasteiger partial charge in [-0.25, -0.2) is 0 Å². The van der Waals surface area contributed by atoms with Crippen LogP contribution in [0.3, 0.4) is 0 Å². The maximum Gasteiger partial charge on any atom is 0.315 e. The zero-order valence-corrected chi connectivity index (χ0v) is 10.1. The van der Waals surface area contributed by atoms with Gasteiger partial charge in [0.1, 0.15) is 11.7 Å². The molecule has 0 aliphatic heterocycles. The van der Waals surface area contributed by atoms with Gasteiger partial charge in [-0.05, 0) is 12.5 Å². The van der Waals surface area contributed by atoms with Crippen LogP contribution in [-0.2, 0) is 20.8 Å². The van der Waals surface area contributed by atoms with Crippen LogP contribution in [-0.4, -0.2) is 29.3 Å². The molecule has 0 saturated carbocycles. The molecule has 2 N–H and O–H groups in total. The molecular formula is C13H15NO4. The summed E-state index contributed by atoms with van der Waals surface area (Å²) < 4.78 is 0. The van der Waals surface area contributed by atoms with Crippen LogP contribution in [0.4, 0.5) is 0 Å². The minimum Gasteiger partial charge on any atom is -0.481 e. The predicted molar refractivity (Wildman–Crippen MR) is 65.0 cm³/mol. The molecule has 1 aromatic rings. The lowest BCUT2D eigenvalue weighted by molar-refractivity contribution is -0.145. The summed E-state index contributed by atoms with van der Waals surface area (Å²) in [5.74, 6) is -3.16. The Bertz CT molecular complexity index is 428. The molecule has 1 aromatic carbocycles. The zero-order valence-electron chi connectivity index (χ0n) is 10.1. The number of aliphatic carboxylic acids is 1. The molecule has 0 radical (unpaired) electrons. The topological polar surface area (TPSA) is 83.5 Å². The minimum absolute atomic E-state index is 0.170. The number of rotatable bonds is 6. The number of nitrogens with one attached hydrogen (secondary N) is 1. The molecular weight excluding hydrogens is 234 g/mol. The van der Waals surface area contributed by atoms with Crippen molar-refractivity contribution in [3.63, 3.8) is 0 Å². The Morgan fingerprint density at radius 3 is 2.33 bits per heavy atom. The first-order chi connectivity index (χ1) is 8.50. The van der Waals surface area contributed by atoms with Gasteiger partial charge in [-0.15, -0.1) is 0 Å². The number of carbonyl (C=O) groups is 3. The van der Waals surface area contributed by atoms with Crippen LogP contribution >= 0.6 is 0 Å². The molecule has 0 heterocycles. The van der Waals surface area contributed by atoms with E-state index >= 15 is 0 Å². The maximum absolute atomic E-state index is 11.5. The van der Waals surface area contributed by atoms with Crippen molar-refractivity contribution in [2.75, 3.05) is 6.54 Å². The number of benzene rings is 1. The van der Waals surface area contributed by atoms with Crippen molar-refractivity contribution in [3.8, 4) is 0 Å². The molecule has 18 heavy (non-hydrogen) atoms. The van der Waals surface area contributed by atoms with Crippen LogP contribution in [0.1, 0.15) is 12.5 Å². The Hall–Kier alpha value is -2.17. The third kappa shape index (κ3) is 4.37. The van der Waals surface area contributed by atoms with E-state index in [1.54, 1.807) is 12.1 Å². The normalized spacial score (nSPS) is 11.6. The standard InChI is InChI=1S/C13H15NO4/c1-9(15)11(13(17)18)8-14-12(16)7-10-5-3-2-4-6-10/h2-6,11H,7-8H2,1H3,(H,14,16)(H,17,18). The highest BCUT2D eigenvalue weighted by molar-refractivity contribution is 5.97. The molecule has 96 valence electrons. The van der Waals surface area contributed by atoms with Crippen molar-refractivity contribution < 1.29 is 19.5 Å². The van der Waals surface area contributed by atoms with E-state index in [4.69, 9.17) is 5.11 Å². The summed E-state index contributed by atoms with van der Waals surface area (Å²) in [5, 5.41) is 11.2. The molecule has 5 heteroatoms. The fraction of sp³-hybridized carbons (Fsp3) is 0.308.